The Labute approximate surface area is 138 Å². The van der Waals surface area contributed by atoms with Crippen LogP contribution in [-0.2, 0) is 0 Å². The average Bonchev–Trinajstić information content (AvgIpc) is 2.49. The average molecular weight is 327 g/mol. The summed E-state index contributed by atoms with van der Waals surface area (Å²) >= 11 is 6.20. The fourth-order valence-electron chi connectivity index (χ4n) is 2.56. The molecule has 116 valence electrons. The lowest BCUT2D eigenvalue weighted by Gasteiger charge is -2.11. The number of hydrogen-bond acceptors (Lipinski definition) is 2. The van der Waals surface area contributed by atoms with Crippen LogP contribution in [0, 0.1) is 13.8 Å². The zero-order valence-electron chi connectivity index (χ0n) is 12.7. The van der Waals surface area contributed by atoms with Crippen LogP contribution in [0.15, 0.2) is 47.4 Å². The number of halogens is 1. The molecule has 0 atom stereocenters. The van der Waals surface area contributed by atoms with Crippen LogP contribution in [0.4, 0.5) is 5.69 Å². The summed E-state index contributed by atoms with van der Waals surface area (Å²) in [7, 11) is 0. The van der Waals surface area contributed by atoms with Gasteiger partial charge in [-0.2, -0.15) is 0 Å². The van der Waals surface area contributed by atoms with Gasteiger partial charge in [-0.05, 0) is 49.1 Å². The minimum atomic E-state index is -0.228. The summed E-state index contributed by atoms with van der Waals surface area (Å²) in [4.78, 5) is 26.8. The summed E-state index contributed by atoms with van der Waals surface area (Å²) in [5, 5.41) is 4.35. The Morgan fingerprint density at radius 3 is 2.65 bits per heavy atom. The number of aryl methyl sites for hydroxylation is 2. The van der Waals surface area contributed by atoms with Crippen LogP contribution in [-0.4, -0.2) is 10.9 Å². The Balaban J connectivity index is 1.99. The Morgan fingerprint density at radius 2 is 1.91 bits per heavy atom. The number of anilines is 1. The van der Waals surface area contributed by atoms with Crippen LogP contribution in [0.1, 0.15) is 21.5 Å². The molecule has 0 fully saturated rings. The van der Waals surface area contributed by atoms with E-state index in [0.29, 0.717) is 27.0 Å². The second kappa shape index (κ2) is 5.89. The molecule has 2 N–H and O–H groups in total. The number of hydrogen-bond donors (Lipinski definition) is 2. The second-order valence-corrected chi connectivity index (χ2v) is 5.91. The maximum atomic E-state index is 12.5. The van der Waals surface area contributed by atoms with Gasteiger partial charge < -0.3 is 10.3 Å². The third-order valence-electron chi connectivity index (χ3n) is 3.74. The maximum absolute atomic E-state index is 12.5. The van der Waals surface area contributed by atoms with E-state index in [0.717, 1.165) is 11.1 Å². The Kier molecular flexibility index (Phi) is 3.92. The van der Waals surface area contributed by atoms with Gasteiger partial charge in [-0.1, -0.05) is 29.3 Å². The molecular weight excluding hydrogens is 312 g/mol. The molecule has 4 nitrogen and oxygen atoms in total. The van der Waals surface area contributed by atoms with Gasteiger partial charge in [0.1, 0.15) is 0 Å². The van der Waals surface area contributed by atoms with Crippen molar-refractivity contribution in [3.05, 3.63) is 74.7 Å². The van der Waals surface area contributed by atoms with Crippen molar-refractivity contribution >= 4 is 34.0 Å². The topological polar surface area (TPSA) is 62.0 Å². The molecule has 0 spiro atoms. The molecule has 3 rings (SSSR count). The van der Waals surface area contributed by atoms with E-state index in [9.17, 15) is 9.59 Å². The molecule has 1 heterocycles. The van der Waals surface area contributed by atoms with Gasteiger partial charge in [0, 0.05) is 17.1 Å². The number of fused-ring (bicyclic) bond motifs is 1. The molecule has 0 aliphatic rings. The number of carbonyl (C=O) groups excluding carboxylic acids is 1. The van der Waals surface area contributed by atoms with Gasteiger partial charge in [-0.15, -0.1) is 0 Å². The SMILES string of the molecule is Cc1ccc(C(=O)Nc2cc3cc[nH]c(=O)c3cc2Cl)c(C)c1. The molecule has 0 unspecified atom stereocenters. The number of aromatic nitrogens is 1. The normalized spacial score (nSPS) is 10.7. The van der Waals surface area contributed by atoms with E-state index in [1.165, 1.54) is 0 Å². The van der Waals surface area contributed by atoms with Gasteiger partial charge in [0.15, 0.2) is 0 Å². The first-order valence-electron chi connectivity index (χ1n) is 7.15. The van der Waals surface area contributed by atoms with E-state index in [2.05, 4.69) is 10.3 Å². The Morgan fingerprint density at radius 1 is 1.13 bits per heavy atom. The van der Waals surface area contributed by atoms with Crippen molar-refractivity contribution in [1.29, 1.82) is 0 Å². The van der Waals surface area contributed by atoms with Gasteiger partial charge in [-0.3, -0.25) is 9.59 Å². The van der Waals surface area contributed by atoms with Crippen LogP contribution in [0.25, 0.3) is 10.8 Å². The minimum absolute atomic E-state index is 0.211. The quantitative estimate of drug-likeness (QED) is 0.746. The number of nitrogens with one attached hydrogen (secondary N) is 2. The lowest BCUT2D eigenvalue weighted by molar-refractivity contribution is 0.102. The smallest absolute Gasteiger partial charge is 0.255 e. The number of amides is 1. The summed E-state index contributed by atoms with van der Waals surface area (Å²) in [6.45, 7) is 3.87. The molecule has 0 saturated heterocycles. The van der Waals surface area contributed by atoms with Crippen LogP contribution >= 0.6 is 11.6 Å². The van der Waals surface area contributed by atoms with Crippen molar-refractivity contribution in [3.63, 3.8) is 0 Å². The molecule has 1 amide bonds. The van der Waals surface area contributed by atoms with Crippen molar-refractivity contribution in [2.45, 2.75) is 13.8 Å². The first-order valence-corrected chi connectivity index (χ1v) is 7.53. The van der Waals surface area contributed by atoms with Crippen molar-refractivity contribution < 1.29 is 4.79 Å². The molecule has 0 bridgehead atoms. The van der Waals surface area contributed by atoms with Crippen LogP contribution in [0.2, 0.25) is 5.02 Å². The zero-order chi connectivity index (χ0) is 16.6. The van der Waals surface area contributed by atoms with E-state index in [-0.39, 0.29) is 11.5 Å². The highest BCUT2D eigenvalue weighted by Crippen LogP contribution is 2.27. The number of aromatic amines is 1. The molecule has 0 saturated carbocycles. The Bertz CT molecular complexity index is 976. The summed E-state index contributed by atoms with van der Waals surface area (Å²) in [6, 6.07) is 10.7. The number of H-pyrrole nitrogens is 1. The standard InChI is InChI=1S/C18H15ClN2O2/c1-10-3-4-13(11(2)7-10)18(23)21-16-8-12-5-6-20-17(22)14(12)9-15(16)19/h3-9H,1-2H3,(H,20,22)(H,21,23). The summed E-state index contributed by atoms with van der Waals surface area (Å²) in [6.07, 6.45) is 1.56. The molecule has 1 aromatic heterocycles. The fourth-order valence-corrected chi connectivity index (χ4v) is 2.77. The molecule has 5 heteroatoms. The van der Waals surface area contributed by atoms with Crippen LogP contribution in [0.5, 0.6) is 0 Å². The van der Waals surface area contributed by atoms with Crippen molar-refractivity contribution in [2.24, 2.45) is 0 Å². The van der Waals surface area contributed by atoms with Crippen molar-refractivity contribution in [1.82, 2.24) is 4.98 Å². The molecule has 0 aliphatic carbocycles. The lowest BCUT2D eigenvalue weighted by Crippen LogP contribution is -2.14. The predicted molar refractivity (Wildman–Crippen MR) is 93.4 cm³/mol. The van der Waals surface area contributed by atoms with Gasteiger partial charge in [-0.25, -0.2) is 0 Å². The molecule has 0 radical (unpaired) electrons. The minimum Gasteiger partial charge on any atom is -0.329 e. The second-order valence-electron chi connectivity index (χ2n) is 5.50. The van der Waals surface area contributed by atoms with E-state index in [1.54, 1.807) is 30.5 Å². The highest BCUT2D eigenvalue weighted by atomic mass is 35.5. The zero-order valence-corrected chi connectivity index (χ0v) is 13.5. The molecule has 0 aliphatic heterocycles. The third kappa shape index (κ3) is 2.98. The van der Waals surface area contributed by atoms with Gasteiger partial charge in [0.2, 0.25) is 0 Å². The Hall–Kier alpha value is -2.59. The fraction of sp³-hybridized carbons (Fsp3) is 0.111. The molecular formula is C18H15ClN2O2. The van der Waals surface area contributed by atoms with Crippen LogP contribution in [0.3, 0.4) is 0 Å². The van der Waals surface area contributed by atoms with E-state index < -0.39 is 0 Å². The molecule has 2 aromatic carbocycles. The van der Waals surface area contributed by atoms with Crippen molar-refractivity contribution in [2.75, 3.05) is 5.32 Å². The predicted octanol–water partition coefficient (Wildman–Crippen LogP) is 4.05. The summed E-state index contributed by atoms with van der Waals surface area (Å²) in [5.41, 5.74) is 2.86. The number of rotatable bonds is 2. The summed E-state index contributed by atoms with van der Waals surface area (Å²) in [5.74, 6) is -0.228. The highest BCUT2D eigenvalue weighted by Gasteiger charge is 2.12. The van der Waals surface area contributed by atoms with Crippen LogP contribution < -0.4 is 10.9 Å². The molecule has 23 heavy (non-hydrogen) atoms. The lowest BCUT2D eigenvalue weighted by atomic mass is 10.0. The van der Waals surface area contributed by atoms with E-state index >= 15 is 0 Å². The molecule has 3 aromatic rings. The van der Waals surface area contributed by atoms with Gasteiger partial charge in [0.05, 0.1) is 10.7 Å². The third-order valence-corrected chi connectivity index (χ3v) is 4.05. The first-order chi connectivity index (χ1) is 11.0. The largest absolute Gasteiger partial charge is 0.329 e. The van der Waals surface area contributed by atoms with Gasteiger partial charge in [0.25, 0.3) is 11.5 Å². The highest BCUT2D eigenvalue weighted by molar-refractivity contribution is 6.34. The van der Waals surface area contributed by atoms with Crippen molar-refractivity contribution in [3.8, 4) is 0 Å². The summed E-state index contributed by atoms with van der Waals surface area (Å²) < 4.78 is 0. The number of benzene rings is 2. The maximum Gasteiger partial charge on any atom is 0.255 e. The number of pyridine rings is 1. The van der Waals surface area contributed by atoms with Gasteiger partial charge >= 0.3 is 0 Å². The van der Waals surface area contributed by atoms with E-state index in [4.69, 9.17) is 11.6 Å². The first kappa shape index (κ1) is 15.3. The van der Waals surface area contributed by atoms with E-state index in [1.807, 2.05) is 26.0 Å². The monoisotopic (exact) mass is 326 g/mol. The number of carbonyl (C=O) groups is 1.